The van der Waals surface area contributed by atoms with Gasteiger partial charge >= 0.3 is 0 Å². The van der Waals surface area contributed by atoms with Gasteiger partial charge in [-0.1, -0.05) is 42.6 Å². The number of unbranched alkanes of at least 4 members (excludes halogenated alkanes) is 1. The van der Waals surface area contributed by atoms with Gasteiger partial charge in [-0.05, 0) is 44.2 Å². The van der Waals surface area contributed by atoms with Crippen LogP contribution in [0.2, 0.25) is 10.0 Å². The van der Waals surface area contributed by atoms with Crippen LogP contribution in [0, 0.1) is 0 Å². The first kappa shape index (κ1) is 15.7. The minimum absolute atomic E-state index is 0.558. The van der Waals surface area contributed by atoms with Crippen molar-refractivity contribution in [2.24, 2.45) is 0 Å². The molecule has 3 rings (SSSR count). The van der Waals surface area contributed by atoms with E-state index in [0.717, 1.165) is 37.3 Å². The number of aryl methyl sites for hydroxylation is 1. The van der Waals surface area contributed by atoms with E-state index in [1.807, 2.05) is 16.8 Å². The van der Waals surface area contributed by atoms with Gasteiger partial charge in [0.15, 0.2) is 0 Å². The fraction of sp³-hybridized carbons (Fsp3) is 0.471. The zero-order valence-electron chi connectivity index (χ0n) is 12.8. The van der Waals surface area contributed by atoms with E-state index in [1.54, 1.807) is 6.07 Å². The van der Waals surface area contributed by atoms with Crippen LogP contribution in [0.4, 0.5) is 5.82 Å². The number of hydrogen-bond donors (Lipinski definition) is 1. The van der Waals surface area contributed by atoms with Crippen LogP contribution in [0.3, 0.4) is 0 Å². The molecule has 1 aromatic heterocycles. The normalized spacial score (nSPS) is 14.3. The van der Waals surface area contributed by atoms with Gasteiger partial charge in [0.05, 0.1) is 21.4 Å². The molecule has 2 aromatic rings. The fourth-order valence-corrected chi connectivity index (χ4v) is 3.32. The van der Waals surface area contributed by atoms with Crippen molar-refractivity contribution < 1.29 is 0 Å². The number of anilines is 1. The van der Waals surface area contributed by atoms with Crippen molar-refractivity contribution in [2.45, 2.75) is 45.4 Å². The monoisotopic (exact) mass is 337 g/mol. The van der Waals surface area contributed by atoms with Gasteiger partial charge in [0.25, 0.3) is 0 Å². The Bertz CT molecular complexity index is 664. The molecule has 0 atom stereocenters. The van der Waals surface area contributed by atoms with Crippen LogP contribution in [-0.4, -0.2) is 16.3 Å². The summed E-state index contributed by atoms with van der Waals surface area (Å²) in [7, 11) is 0. The molecule has 0 fully saturated rings. The Morgan fingerprint density at radius 3 is 2.95 bits per heavy atom. The second-order valence-electron chi connectivity index (χ2n) is 5.75. The highest BCUT2D eigenvalue weighted by atomic mass is 35.5. The largest absolute Gasteiger partial charge is 0.370 e. The first-order valence-electron chi connectivity index (χ1n) is 8.01. The van der Waals surface area contributed by atoms with Gasteiger partial charge in [0.1, 0.15) is 5.82 Å². The molecule has 5 heteroatoms. The summed E-state index contributed by atoms with van der Waals surface area (Å²) in [6.07, 6.45) is 6.82. The summed E-state index contributed by atoms with van der Waals surface area (Å²) in [5.41, 5.74) is 3.40. The van der Waals surface area contributed by atoms with Crippen molar-refractivity contribution in [2.75, 3.05) is 11.9 Å². The van der Waals surface area contributed by atoms with Gasteiger partial charge < -0.3 is 5.32 Å². The SMILES string of the molecule is CCCCc1nn(-c2cccc(Cl)c2Cl)c2c1CCCCN2. The minimum Gasteiger partial charge on any atom is -0.370 e. The number of aromatic nitrogens is 2. The van der Waals surface area contributed by atoms with Crippen molar-refractivity contribution in [1.29, 1.82) is 0 Å². The van der Waals surface area contributed by atoms with Crippen LogP contribution >= 0.6 is 23.2 Å². The molecule has 3 nitrogen and oxygen atoms in total. The van der Waals surface area contributed by atoms with E-state index in [9.17, 15) is 0 Å². The van der Waals surface area contributed by atoms with E-state index >= 15 is 0 Å². The summed E-state index contributed by atoms with van der Waals surface area (Å²) >= 11 is 12.6. The quantitative estimate of drug-likeness (QED) is 0.823. The Hall–Kier alpha value is -1.19. The zero-order valence-corrected chi connectivity index (χ0v) is 14.3. The topological polar surface area (TPSA) is 29.9 Å². The van der Waals surface area contributed by atoms with Gasteiger partial charge in [-0.3, -0.25) is 0 Å². The van der Waals surface area contributed by atoms with Crippen molar-refractivity contribution in [1.82, 2.24) is 9.78 Å². The molecule has 118 valence electrons. The Labute approximate surface area is 141 Å². The smallest absolute Gasteiger partial charge is 0.133 e. The lowest BCUT2D eigenvalue weighted by Crippen LogP contribution is -2.07. The van der Waals surface area contributed by atoms with Crippen LogP contribution in [0.1, 0.15) is 43.9 Å². The number of fused-ring (bicyclic) bond motifs is 1. The molecule has 0 bridgehead atoms. The highest BCUT2D eigenvalue weighted by Crippen LogP contribution is 2.34. The maximum absolute atomic E-state index is 6.40. The fourth-order valence-electron chi connectivity index (χ4n) is 2.95. The van der Waals surface area contributed by atoms with Gasteiger partial charge in [0.2, 0.25) is 0 Å². The number of hydrogen-bond acceptors (Lipinski definition) is 2. The predicted molar refractivity (Wildman–Crippen MR) is 93.6 cm³/mol. The summed E-state index contributed by atoms with van der Waals surface area (Å²) in [6, 6.07) is 5.69. The average molecular weight is 338 g/mol. The standard InChI is InChI=1S/C17H21Cl2N3/c1-2-3-9-14-12-7-4-5-11-20-17(12)22(21-14)15-10-6-8-13(18)16(15)19/h6,8,10,20H,2-5,7,9,11H2,1H3. The van der Waals surface area contributed by atoms with E-state index < -0.39 is 0 Å². The van der Waals surface area contributed by atoms with E-state index in [4.69, 9.17) is 28.3 Å². The summed E-state index contributed by atoms with van der Waals surface area (Å²) in [5, 5.41) is 9.51. The molecule has 0 spiro atoms. The van der Waals surface area contributed by atoms with Crippen molar-refractivity contribution >= 4 is 29.0 Å². The van der Waals surface area contributed by atoms with Crippen LogP contribution in [0.25, 0.3) is 5.69 Å². The van der Waals surface area contributed by atoms with Crippen molar-refractivity contribution in [3.05, 3.63) is 39.5 Å². The maximum Gasteiger partial charge on any atom is 0.133 e. The predicted octanol–water partition coefficient (Wildman–Crippen LogP) is 5.27. The molecular weight excluding hydrogens is 317 g/mol. The molecule has 1 aliphatic rings. The van der Waals surface area contributed by atoms with E-state index in [-0.39, 0.29) is 0 Å². The molecule has 0 amide bonds. The van der Waals surface area contributed by atoms with E-state index in [0.29, 0.717) is 10.0 Å². The first-order chi connectivity index (χ1) is 10.7. The lowest BCUT2D eigenvalue weighted by atomic mass is 10.1. The van der Waals surface area contributed by atoms with Gasteiger partial charge in [-0.25, -0.2) is 4.68 Å². The first-order valence-corrected chi connectivity index (χ1v) is 8.77. The summed E-state index contributed by atoms with van der Waals surface area (Å²) in [5.74, 6) is 1.09. The zero-order chi connectivity index (χ0) is 15.5. The second-order valence-corrected chi connectivity index (χ2v) is 6.53. The third kappa shape index (κ3) is 2.97. The number of nitrogens with one attached hydrogen (secondary N) is 1. The Morgan fingerprint density at radius 1 is 1.27 bits per heavy atom. The molecule has 0 aliphatic carbocycles. The van der Waals surface area contributed by atoms with Crippen LogP contribution in [0.15, 0.2) is 18.2 Å². The van der Waals surface area contributed by atoms with E-state index in [2.05, 4.69) is 12.2 Å². The Balaban J connectivity index is 2.10. The van der Waals surface area contributed by atoms with Gasteiger partial charge in [0, 0.05) is 12.1 Å². The lowest BCUT2D eigenvalue weighted by molar-refractivity contribution is 0.728. The number of benzene rings is 1. The third-order valence-electron chi connectivity index (χ3n) is 4.14. The highest BCUT2D eigenvalue weighted by Gasteiger charge is 2.21. The Morgan fingerprint density at radius 2 is 2.14 bits per heavy atom. The summed E-state index contributed by atoms with van der Waals surface area (Å²) in [6.45, 7) is 3.19. The maximum atomic E-state index is 6.40. The van der Waals surface area contributed by atoms with Crippen LogP contribution < -0.4 is 5.32 Å². The highest BCUT2D eigenvalue weighted by molar-refractivity contribution is 6.43. The molecule has 1 N–H and O–H groups in total. The third-order valence-corrected chi connectivity index (χ3v) is 4.95. The molecule has 0 radical (unpaired) electrons. The number of nitrogens with zero attached hydrogens (tertiary/aromatic N) is 2. The molecule has 22 heavy (non-hydrogen) atoms. The Kier molecular flexibility index (Phi) is 4.94. The van der Waals surface area contributed by atoms with Crippen LogP contribution in [-0.2, 0) is 12.8 Å². The van der Waals surface area contributed by atoms with E-state index in [1.165, 1.54) is 30.5 Å². The van der Waals surface area contributed by atoms with Crippen molar-refractivity contribution in [3.8, 4) is 5.69 Å². The van der Waals surface area contributed by atoms with Gasteiger partial charge in [-0.2, -0.15) is 5.10 Å². The van der Waals surface area contributed by atoms with Crippen LogP contribution in [0.5, 0.6) is 0 Å². The van der Waals surface area contributed by atoms with Gasteiger partial charge in [-0.15, -0.1) is 0 Å². The molecule has 2 heterocycles. The summed E-state index contributed by atoms with van der Waals surface area (Å²) in [4.78, 5) is 0. The second kappa shape index (κ2) is 6.93. The molecule has 0 unspecified atom stereocenters. The number of halogens is 2. The summed E-state index contributed by atoms with van der Waals surface area (Å²) < 4.78 is 1.94. The molecule has 1 aliphatic heterocycles. The minimum atomic E-state index is 0.558. The molecule has 1 aromatic carbocycles. The lowest BCUT2D eigenvalue weighted by Gasteiger charge is -2.11. The average Bonchev–Trinajstić information content (AvgIpc) is 2.70. The molecule has 0 saturated heterocycles. The number of rotatable bonds is 4. The molecule has 0 saturated carbocycles. The molecular formula is C17H21Cl2N3. The van der Waals surface area contributed by atoms with Crippen molar-refractivity contribution in [3.63, 3.8) is 0 Å².